The van der Waals surface area contributed by atoms with E-state index >= 15 is 0 Å². The molecule has 2 rings (SSSR count). The van der Waals surface area contributed by atoms with E-state index in [9.17, 15) is 0 Å². The molecule has 0 amide bonds. The smallest absolute Gasteiger partial charge is 0.0902 e. The lowest BCUT2D eigenvalue weighted by atomic mass is 10.0. The van der Waals surface area contributed by atoms with E-state index in [0.717, 1.165) is 24.0 Å². The first kappa shape index (κ1) is 13.0. The molecule has 0 aromatic heterocycles. The molecule has 1 unspecified atom stereocenters. The molecule has 92 valence electrons. The number of benzene rings is 1. The van der Waals surface area contributed by atoms with Gasteiger partial charge in [-0.05, 0) is 31.0 Å². The third-order valence-corrected chi connectivity index (χ3v) is 4.32. The van der Waals surface area contributed by atoms with Gasteiger partial charge in [-0.3, -0.25) is 4.90 Å². The van der Waals surface area contributed by atoms with Crippen LogP contribution in [-0.2, 0) is 6.54 Å². The highest BCUT2D eigenvalue weighted by molar-refractivity contribution is 9.10. The molecule has 1 aromatic rings. The molecule has 2 N–H and O–H groups in total. The molecule has 1 saturated heterocycles. The van der Waals surface area contributed by atoms with Crippen molar-refractivity contribution in [3.05, 3.63) is 34.3 Å². The van der Waals surface area contributed by atoms with E-state index in [1.165, 1.54) is 18.4 Å². The van der Waals surface area contributed by atoms with Crippen molar-refractivity contribution < 1.29 is 0 Å². The van der Waals surface area contributed by atoms with Gasteiger partial charge in [-0.25, -0.2) is 0 Å². The number of likely N-dealkylation sites (tertiary alicyclic amines) is 1. The van der Waals surface area contributed by atoms with Crippen LogP contribution in [0.2, 0.25) is 0 Å². The molecule has 0 aliphatic carbocycles. The fourth-order valence-corrected chi connectivity index (χ4v) is 3.02. The highest BCUT2D eigenvalue weighted by Crippen LogP contribution is 2.23. The van der Waals surface area contributed by atoms with Crippen molar-refractivity contribution in [3.8, 4) is 0 Å². The van der Waals surface area contributed by atoms with Crippen molar-refractivity contribution in [2.45, 2.75) is 31.8 Å². The second-order valence-electron chi connectivity index (χ2n) is 4.48. The number of halogens is 1. The number of hydrogen-bond acceptors (Lipinski definition) is 2. The Morgan fingerprint density at radius 1 is 1.41 bits per heavy atom. The largest absolute Gasteiger partial charge is 0.392 e. The second kappa shape index (κ2) is 5.94. The first-order valence-corrected chi connectivity index (χ1v) is 7.15. The Morgan fingerprint density at radius 3 is 2.88 bits per heavy atom. The summed E-state index contributed by atoms with van der Waals surface area (Å²) in [6.45, 7) is 2.01. The summed E-state index contributed by atoms with van der Waals surface area (Å²) < 4.78 is 1.16. The van der Waals surface area contributed by atoms with E-state index in [2.05, 4.69) is 39.0 Å². The molecular formula is C13H17BrN2S. The van der Waals surface area contributed by atoms with E-state index in [1.54, 1.807) is 0 Å². The maximum absolute atomic E-state index is 5.83. The summed E-state index contributed by atoms with van der Waals surface area (Å²) in [6.07, 6.45) is 3.57. The number of piperidine rings is 1. The maximum atomic E-state index is 5.83. The van der Waals surface area contributed by atoms with Crippen molar-refractivity contribution in [2.75, 3.05) is 6.54 Å². The number of nitrogens with zero attached hydrogens (tertiary/aromatic N) is 1. The summed E-state index contributed by atoms with van der Waals surface area (Å²) in [7, 11) is 0. The molecule has 2 nitrogen and oxygen atoms in total. The van der Waals surface area contributed by atoms with E-state index in [-0.39, 0.29) is 6.04 Å². The van der Waals surface area contributed by atoms with Gasteiger partial charge in [0, 0.05) is 11.0 Å². The summed E-state index contributed by atoms with van der Waals surface area (Å²) in [4.78, 5) is 3.03. The third kappa shape index (κ3) is 3.27. The van der Waals surface area contributed by atoms with Crippen LogP contribution >= 0.6 is 28.1 Å². The van der Waals surface area contributed by atoms with Gasteiger partial charge in [-0.1, -0.05) is 52.8 Å². The van der Waals surface area contributed by atoms with E-state index in [0.29, 0.717) is 4.99 Å². The van der Waals surface area contributed by atoms with Crippen molar-refractivity contribution >= 4 is 33.1 Å². The van der Waals surface area contributed by atoms with Crippen LogP contribution in [0.15, 0.2) is 28.7 Å². The Kier molecular flexibility index (Phi) is 4.54. The van der Waals surface area contributed by atoms with Crippen LogP contribution in [0, 0.1) is 0 Å². The van der Waals surface area contributed by atoms with Crippen LogP contribution in [0.3, 0.4) is 0 Å². The molecule has 1 heterocycles. The van der Waals surface area contributed by atoms with Crippen LogP contribution in [0.1, 0.15) is 24.8 Å². The van der Waals surface area contributed by atoms with E-state index in [4.69, 9.17) is 18.0 Å². The number of thiocarbonyl (C=S) groups is 1. The fourth-order valence-electron chi connectivity index (χ4n) is 2.35. The zero-order chi connectivity index (χ0) is 12.3. The lowest BCUT2D eigenvalue weighted by molar-refractivity contribution is 0.184. The summed E-state index contributed by atoms with van der Waals surface area (Å²) in [5.41, 5.74) is 7.13. The topological polar surface area (TPSA) is 29.3 Å². The molecule has 1 aliphatic rings. The predicted molar refractivity (Wildman–Crippen MR) is 79.0 cm³/mol. The average molecular weight is 313 g/mol. The standard InChI is InChI=1S/C13H17BrN2S/c14-11-6-2-1-5-10(11)9-16-8-4-3-7-12(16)13(15)17/h1-2,5-6,12H,3-4,7-9H2,(H2,15,17). The molecule has 1 atom stereocenters. The van der Waals surface area contributed by atoms with Crippen LogP contribution in [0.5, 0.6) is 0 Å². The molecule has 4 heteroatoms. The van der Waals surface area contributed by atoms with Gasteiger partial charge in [0.25, 0.3) is 0 Å². The molecule has 1 fully saturated rings. The van der Waals surface area contributed by atoms with Gasteiger partial charge in [0.05, 0.1) is 11.0 Å². The van der Waals surface area contributed by atoms with Gasteiger partial charge >= 0.3 is 0 Å². The lowest BCUT2D eigenvalue weighted by Gasteiger charge is -2.35. The Bertz CT molecular complexity index is 408. The summed E-state index contributed by atoms with van der Waals surface area (Å²) in [5.74, 6) is 0. The summed E-state index contributed by atoms with van der Waals surface area (Å²) in [5, 5.41) is 0. The lowest BCUT2D eigenvalue weighted by Crippen LogP contribution is -2.46. The van der Waals surface area contributed by atoms with E-state index in [1.807, 2.05) is 6.07 Å². The Hall–Kier alpha value is -0.450. The molecule has 0 bridgehead atoms. The molecule has 1 aromatic carbocycles. The molecule has 17 heavy (non-hydrogen) atoms. The van der Waals surface area contributed by atoms with Gasteiger partial charge in [0.2, 0.25) is 0 Å². The SMILES string of the molecule is NC(=S)C1CCCCN1Cc1ccccc1Br. The van der Waals surface area contributed by atoms with Gasteiger partial charge in [-0.15, -0.1) is 0 Å². The number of hydrogen-bond donors (Lipinski definition) is 1. The van der Waals surface area contributed by atoms with Crippen LogP contribution in [-0.4, -0.2) is 22.5 Å². The van der Waals surface area contributed by atoms with Crippen molar-refractivity contribution in [2.24, 2.45) is 5.73 Å². The number of rotatable bonds is 3. The molecule has 0 radical (unpaired) electrons. The summed E-state index contributed by atoms with van der Waals surface area (Å²) >= 11 is 8.76. The van der Waals surface area contributed by atoms with Crippen molar-refractivity contribution in [1.29, 1.82) is 0 Å². The van der Waals surface area contributed by atoms with Crippen LogP contribution < -0.4 is 5.73 Å². The highest BCUT2D eigenvalue weighted by atomic mass is 79.9. The normalized spacial score (nSPS) is 21.4. The first-order valence-electron chi connectivity index (χ1n) is 5.95. The second-order valence-corrected chi connectivity index (χ2v) is 5.80. The van der Waals surface area contributed by atoms with E-state index < -0.39 is 0 Å². The monoisotopic (exact) mass is 312 g/mol. The molecule has 0 spiro atoms. The minimum absolute atomic E-state index is 0.269. The first-order chi connectivity index (χ1) is 8.18. The van der Waals surface area contributed by atoms with Gasteiger partial charge in [-0.2, -0.15) is 0 Å². The molecule has 0 saturated carbocycles. The molecule has 1 aliphatic heterocycles. The number of nitrogens with two attached hydrogens (primary N) is 1. The van der Waals surface area contributed by atoms with Crippen LogP contribution in [0.4, 0.5) is 0 Å². The zero-order valence-corrected chi connectivity index (χ0v) is 12.1. The zero-order valence-electron chi connectivity index (χ0n) is 9.73. The fraction of sp³-hybridized carbons (Fsp3) is 0.462. The summed E-state index contributed by atoms with van der Waals surface area (Å²) in [6, 6.07) is 8.60. The maximum Gasteiger partial charge on any atom is 0.0902 e. The molecular weight excluding hydrogens is 296 g/mol. The minimum atomic E-state index is 0.269. The van der Waals surface area contributed by atoms with Crippen LogP contribution in [0.25, 0.3) is 0 Å². The van der Waals surface area contributed by atoms with Gasteiger partial charge < -0.3 is 5.73 Å². The third-order valence-electron chi connectivity index (χ3n) is 3.27. The minimum Gasteiger partial charge on any atom is -0.392 e. The quantitative estimate of drug-likeness (QED) is 0.870. The Morgan fingerprint density at radius 2 is 2.18 bits per heavy atom. The average Bonchev–Trinajstić information content (AvgIpc) is 2.32. The Labute approximate surface area is 116 Å². The van der Waals surface area contributed by atoms with Gasteiger partial charge in [0.15, 0.2) is 0 Å². The Balaban J connectivity index is 2.11. The van der Waals surface area contributed by atoms with Crippen molar-refractivity contribution in [3.63, 3.8) is 0 Å². The van der Waals surface area contributed by atoms with Crippen molar-refractivity contribution in [1.82, 2.24) is 4.90 Å². The van der Waals surface area contributed by atoms with Gasteiger partial charge in [0.1, 0.15) is 0 Å². The predicted octanol–water partition coefficient (Wildman–Crippen LogP) is 3.09. The highest BCUT2D eigenvalue weighted by Gasteiger charge is 2.24.